The fraction of sp³-hybridized carbons (Fsp3) is 0.471. The molecule has 21 heavy (non-hydrogen) atoms. The number of rotatable bonds is 0. The lowest BCUT2D eigenvalue weighted by molar-refractivity contribution is -0.113. The number of Topliss-reactive ketones (excluding diaryl/α,β-unsaturated/α-hetero) is 1. The number of hydrogen-bond acceptors (Lipinski definition) is 4. The third-order valence-corrected chi connectivity index (χ3v) is 4.56. The summed E-state index contributed by atoms with van der Waals surface area (Å²) in [6.07, 6.45) is 4.61. The van der Waals surface area contributed by atoms with Crippen molar-refractivity contribution in [2.24, 2.45) is 0 Å². The molecule has 2 heterocycles. The van der Waals surface area contributed by atoms with Gasteiger partial charge in [0.05, 0.1) is 0 Å². The van der Waals surface area contributed by atoms with Crippen molar-refractivity contribution < 1.29 is 14.3 Å². The molecule has 2 aliphatic heterocycles. The molecule has 0 aromatic heterocycles. The molecule has 3 aliphatic rings. The number of carbonyl (C=O) groups excluding carboxylic acids is 1. The Hall–Kier alpha value is -1.81. The molecule has 1 N–H and O–H groups in total. The summed E-state index contributed by atoms with van der Waals surface area (Å²) in [5, 5.41) is 3.48. The van der Waals surface area contributed by atoms with E-state index in [1.807, 2.05) is 6.07 Å². The van der Waals surface area contributed by atoms with Crippen molar-refractivity contribution in [3.05, 3.63) is 28.8 Å². The molecular weight excluding hydrogens is 266 g/mol. The van der Waals surface area contributed by atoms with Crippen molar-refractivity contribution in [3.8, 4) is 11.5 Å². The fourth-order valence-electron chi connectivity index (χ4n) is 3.50. The van der Waals surface area contributed by atoms with Gasteiger partial charge in [-0.3, -0.25) is 4.79 Å². The van der Waals surface area contributed by atoms with E-state index in [-0.39, 0.29) is 6.79 Å². The first-order valence-corrected chi connectivity index (χ1v) is 7.72. The first-order valence-electron chi connectivity index (χ1n) is 7.72. The van der Waals surface area contributed by atoms with Crippen LogP contribution in [0.1, 0.15) is 36.8 Å². The minimum absolute atomic E-state index is 0.274. The first-order chi connectivity index (χ1) is 10.3. The van der Waals surface area contributed by atoms with Crippen LogP contribution in [0, 0.1) is 0 Å². The van der Waals surface area contributed by atoms with E-state index in [0.717, 1.165) is 61.4 Å². The highest BCUT2D eigenvalue weighted by Gasteiger charge is 2.28. The summed E-state index contributed by atoms with van der Waals surface area (Å²) in [7, 11) is 0. The van der Waals surface area contributed by atoms with Gasteiger partial charge in [-0.15, -0.1) is 0 Å². The van der Waals surface area contributed by atoms with Crippen LogP contribution in [-0.4, -0.2) is 25.7 Å². The summed E-state index contributed by atoms with van der Waals surface area (Å²) in [6, 6.07) is 4.06. The van der Waals surface area contributed by atoms with E-state index in [0.29, 0.717) is 12.2 Å². The molecule has 1 aromatic carbocycles. The van der Waals surface area contributed by atoms with Gasteiger partial charge in [-0.25, -0.2) is 0 Å². The highest BCUT2D eigenvalue weighted by atomic mass is 16.7. The molecular formula is C17H19NO3. The third-order valence-electron chi connectivity index (χ3n) is 4.56. The molecule has 4 nitrogen and oxygen atoms in total. The summed E-state index contributed by atoms with van der Waals surface area (Å²) >= 11 is 0. The van der Waals surface area contributed by atoms with Gasteiger partial charge in [-0.1, -0.05) is 5.57 Å². The SMILES string of the molecule is O=C1CCC2=C1c1cc3c(cc1CCNCCC2)OCO3. The average Bonchev–Trinajstić information content (AvgIpc) is 3.08. The van der Waals surface area contributed by atoms with E-state index < -0.39 is 0 Å². The number of hydrogen-bond donors (Lipinski definition) is 1. The lowest BCUT2D eigenvalue weighted by Gasteiger charge is -2.16. The van der Waals surface area contributed by atoms with Gasteiger partial charge in [0.25, 0.3) is 0 Å². The van der Waals surface area contributed by atoms with Crippen LogP contribution in [-0.2, 0) is 11.2 Å². The maximum Gasteiger partial charge on any atom is 0.231 e. The van der Waals surface area contributed by atoms with Crippen LogP contribution in [0.2, 0.25) is 0 Å². The molecule has 0 bridgehead atoms. The number of benzene rings is 1. The summed E-state index contributed by atoms with van der Waals surface area (Å²) in [5.41, 5.74) is 4.55. The van der Waals surface area contributed by atoms with Crippen LogP contribution >= 0.6 is 0 Å². The number of nitrogens with one attached hydrogen (secondary N) is 1. The predicted octanol–water partition coefficient (Wildman–Crippen LogP) is 2.46. The molecule has 4 rings (SSSR count). The van der Waals surface area contributed by atoms with Gasteiger partial charge in [-0.2, -0.15) is 0 Å². The van der Waals surface area contributed by atoms with Crippen LogP contribution in [0.25, 0.3) is 5.57 Å². The molecule has 4 heteroatoms. The van der Waals surface area contributed by atoms with Gasteiger partial charge in [0.15, 0.2) is 17.3 Å². The molecule has 0 spiro atoms. The second kappa shape index (κ2) is 5.19. The Morgan fingerprint density at radius 2 is 1.81 bits per heavy atom. The van der Waals surface area contributed by atoms with Crippen LogP contribution in [0.4, 0.5) is 0 Å². The molecule has 0 saturated carbocycles. The number of ether oxygens (including phenoxy) is 2. The molecule has 1 aliphatic carbocycles. The number of fused-ring (bicyclic) bond motifs is 3. The van der Waals surface area contributed by atoms with Crippen molar-refractivity contribution in [1.82, 2.24) is 5.32 Å². The van der Waals surface area contributed by atoms with Crippen LogP contribution in [0.15, 0.2) is 17.7 Å². The lowest BCUT2D eigenvalue weighted by atomic mass is 9.92. The zero-order chi connectivity index (χ0) is 14.2. The normalized spacial score (nSPS) is 21.2. The summed E-state index contributed by atoms with van der Waals surface area (Å²) < 4.78 is 11.0. The van der Waals surface area contributed by atoms with E-state index >= 15 is 0 Å². The summed E-state index contributed by atoms with van der Waals surface area (Å²) in [5.74, 6) is 1.86. The average molecular weight is 285 g/mol. The van der Waals surface area contributed by atoms with Crippen LogP contribution < -0.4 is 14.8 Å². The lowest BCUT2D eigenvalue weighted by Crippen LogP contribution is -2.20. The smallest absolute Gasteiger partial charge is 0.231 e. The zero-order valence-electron chi connectivity index (χ0n) is 12.0. The summed E-state index contributed by atoms with van der Waals surface area (Å²) in [4.78, 5) is 12.4. The minimum atomic E-state index is 0.274. The second-order valence-corrected chi connectivity index (χ2v) is 5.87. The first kappa shape index (κ1) is 12.9. The highest BCUT2D eigenvalue weighted by molar-refractivity contribution is 6.24. The van der Waals surface area contributed by atoms with E-state index in [9.17, 15) is 4.79 Å². The number of allylic oxidation sites excluding steroid dienone is 2. The van der Waals surface area contributed by atoms with Crippen molar-refractivity contribution in [3.63, 3.8) is 0 Å². The largest absolute Gasteiger partial charge is 0.454 e. The van der Waals surface area contributed by atoms with Gasteiger partial charge < -0.3 is 14.8 Å². The van der Waals surface area contributed by atoms with Crippen molar-refractivity contribution in [2.45, 2.75) is 32.1 Å². The molecule has 0 unspecified atom stereocenters. The zero-order valence-corrected chi connectivity index (χ0v) is 12.0. The van der Waals surface area contributed by atoms with E-state index in [1.165, 1.54) is 11.1 Å². The maximum absolute atomic E-state index is 12.4. The van der Waals surface area contributed by atoms with E-state index in [2.05, 4.69) is 11.4 Å². The Bertz CT molecular complexity index is 633. The molecule has 0 atom stereocenters. The van der Waals surface area contributed by atoms with Crippen molar-refractivity contribution in [2.75, 3.05) is 19.9 Å². The van der Waals surface area contributed by atoms with Gasteiger partial charge in [0.1, 0.15) is 0 Å². The molecule has 1 aromatic rings. The van der Waals surface area contributed by atoms with E-state index in [4.69, 9.17) is 9.47 Å². The second-order valence-electron chi connectivity index (χ2n) is 5.87. The Kier molecular flexibility index (Phi) is 3.19. The molecule has 0 amide bonds. The van der Waals surface area contributed by atoms with Crippen LogP contribution in [0.3, 0.4) is 0 Å². The Balaban J connectivity index is 1.87. The monoisotopic (exact) mass is 285 g/mol. The number of carbonyl (C=O) groups is 1. The molecule has 0 fully saturated rings. The minimum Gasteiger partial charge on any atom is -0.454 e. The summed E-state index contributed by atoms with van der Waals surface area (Å²) in [6.45, 7) is 2.23. The van der Waals surface area contributed by atoms with Gasteiger partial charge in [0, 0.05) is 12.0 Å². The fourth-order valence-corrected chi connectivity index (χ4v) is 3.50. The molecule has 110 valence electrons. The standard InChI is InChI=1S/C17H19NO3/c19-14-4-3-11-2-1-6-18-7-5-12-8-15-16(21-10-20-15)9-13(12)17(11)14/h8-9,18H,1-7,10H2. The van der Waals surface area contributed by atoms with Gasteiger partial charge in [0.2, 0.25) is 6.79 Å². The highest BCUT2D eigenvalue weighted by Crippen LogP contribution is 2.41. The quantitative estimate of drug-likeness (QED) is 0.795. The van der Waals surface area contributed by atoms with Gasteiger partial charge >= 0.3 is 0 Å². The van der Waals surface area contributed by atoms with E-state index in [1.54, 1.807) is 0 Å². The number of ketones is 1. The molecule has 0 saturated heterocycles. The maximum atomic E-state index is 12.4. The van der Waals surface area contributed by atoms with Gasteiger partial charge in [-0.05, 0) is 62.0 Å². The van der Waals surface area contributed by atoms with Crippen LogP contribution in [0.5, 0.6) is 11.5 Å². The van der Waals surface area contributed by atoms with Crippen molar-refractivity contribution in [1.29, 1.82) is 0 Å². The predicted molar refractivity (Wildman–Crippen MR) is 79.5 cm³/mol. The third kappa shape index (κ3) is 2.23. The molecule has 0 radical (unpaired) electrons. The Morgan fingerprint density at radius 3 is 2.71 bits per heavy atom. The Labute approximate surface area is 124 Å². The van der Waals surface area contributed by atoms with Crippen molar-refractivity contribution >= 4 is 11.4 Å². The topological polar surface area (TPSA) is 47.6 Å². The Morgan fingerprint density at radius 1 is 0.952 bits per heavy atom.